The lowest BCUT2D eigenvalue weighted by atomic mass is 9.98. The predicted molar refractivity (Wildman–Crippen MR) is 134 cm³/mol. The Hall–Kier alpha value is -3.97. The number of pyridine rings is 1. The second-order valence-corrected chi connectivity index (χ2v) is 8.47. The fraction of sp³-hybridized carbons (Fsp3) is 0.192. The standard InChI is InChI=1S/C26H26N6O/c1-31-10-12-32(13-11-31)24-9-7-18(16-29-24)25(28)21-15-17(6-8-22(21)27)14-20-19-4-2-3-5-23(19)30-26(20)33/h2-9,14-16,28H,10-13,27H2,1H3,(H,30,33)/b20-14+,28-25?. The van der Waals surface area contributed by atoms with Crippen LogP contribution in [0.5, 0.6) is 0 Å². The van der Waals surface area contributed by atoms with Gasteiger partial charge in [0.05, 0.1) is 5.71 Å². The number of likely N-dealkylation sites (N-methyl/N-ethyl adjacent to an activating group) is 1. The van der Waals surface area contributed by atoms with Crippen LogP contribution in [0.3, 0.4) is 0 Å². The molecule has 1 amide bonds. The van der Waals surface area contributed by atoms with Gasteiger partial charge < -0.3 is 20.9 Å². The number of nitrogens with one attached hydrogen (secondary N) is 2. The summed E-state index contributed by atoms with van der Waals surface area (Å²) < 4.78 is 0. The Labute approximate surface area is 193 Å². The number of nitrogens with zero attached hydrogens (tertiary/aromatic N) is 3. The van der Waals surface area contributed by atoms with Gasteiger partial charge in [0.1, 0.15) is 5.82 Å². The molecule has 166 valence electrons. The number of amides is 1. The van der Waals surface area contributed by atoms with E-state index in [-0.39, 0.29) is 5.91 Å². The van der Waals surface area contributed by atoms with E-state index in [1.807, 2.05) is 54.6 Å². The molecule has 2 aliphatic heterocycles. The summed E-state index contributed by atoms with van der Waals surface area (Å²) in [6, 6.07) is 17.0. The third-order valence-corrected chi connectivity index (χ3v) is 6.23. The van der Waals surface area contributed by atoms with Crippen LogP contribution in [0, 0.1) is 5.41 Å². The van der Waals surface area contributed by atoms with Crippen molar-refractivity contribution < 1.29 is 4.79 Å². The van der Waals surface area contributed by atoms with Gasteiger partial charge >= 0.3 is 0 Å². The zero-order valence-electron chi connectivity index (χ0n) is 18.5. The quantitative estimate of drug-likeness (QED) is 0.330. The molecule has 2 aromatic carbocycles. The molecule has 2 aliphatic rings. The minimum Gasteiger partial charge on any atom is -0.398 e. The molecule has 0 spiro atoms. The fourth-order valence-corrected chi connectivity index (χ4v) is 4.24. The molecule has 5 rings (SSSR count). The van der Waals surface area contributed by atoms with Gasteiger partial charge in [0.15, 0.2) is 0 Å². The maximum absolute atomic E-state index is 12.5. The van der Waals surface area contributed by atoms with Crippen LogP contribution in [0.4, 0.5) is 17.2 Å². The molecule has 7 nitrogen and oxygen atoms in total. The number of hydrogen-bond acceptors (Lipinski definition) is 6. The molecule has 1 fully saturated rings. The monoisotopic (exact) mass is 438 g/mol. The van der Waals surface area contributed by atoms with E-state index in [0.717, 1.165) is 48.8 Å². The van der Waals surface area contributed by atoms with E-state index in [1.165, 1.54) is 0 Å². The third kappa shape index (κ3) is 4.10. The summed E-state index contributed by atoms with van der Waals surface area (Å²) in [4.78, 5) is 21.6. The van der Waals surface area contributed by atoms with E-state index in [4.69, 9.17) is 11.1 Å². The summed E-state index contributed by atoms with van der Waals surface area (Å²) in [5.41, 5.74) is 11.5. The number of carbonyl (C=O) groups is 1. The van der Waals surface area contributed by atoms with Crippen molar-refractivity contribution in [2.75, 3.05) is 49.2 Å². The topological polar surface area (TPSA) is 98.3 Å². The van der Waals surface area contributed by atoms with Gasteiger partial charge in [-0.2, -0.15) is 0 Å². The number of nitrogens with two attached hydrogens (primary N) is 1. The van der Waals surface area contributed by atoms with Crippen LogP contribution in [-0.4, -0.2) is 54.7 Å². The molecular weight excluding hydrogens is 412 g/mol. The summed E-state index contributed by atoms with van der Waals surface area (Å²) in [5.74, 6) is 0.797. The summed E-state index contributed by atoms with van der Waals surface area (Å²) in [6.45, 7) is 3.92. The first-order valence-corrected chi connectivity index (χ1v) is 11.0. The van der Waals surface area contributed by atoms with Crippen LogP contribution in [0.25, 0.3) is 11.6 Å². The minimum absolute atomic E-state index is 0.131. The molecule has 3 aromatic rings. The van der Waals surface area contributed by atoms with Crippen molar-refractivity contribution in [3.63, 3.8) is 0 Å². The van der Waals surface area contributed by atoms with Gasteiger partial charge in [-0.15, -0.1) is 0 Å². The third-order valence-electron chi connectivity index (χ3n) is 6.23. The Kier molecular flexibility index (Phi) is 5.40. The molecular formula is C26H26N6O. The molecule has 0 radical (unpaired) electrons. The Bertz CT molecular complexity index is 1260. The molecule has 1 aromatic heterocycles. The second kappa shape index (κ2) is 8.52. The predicted octanol–water partition coefficient (Wildman–Crippen LogP) is 3.32. The number of piperazine rings is 1. The van der Waals surface area contributed by atoms with Crippen LogP contribution in [0.15, 0.2) is 60.8 Å². The van der Waals surface area contributed by atoms with E-state index in [1.54, 1.807) is 12.3 Å². The number of carbonyl (C=O) groups excluding carboxylic acids is 1. The highest BCUT2D eigenvalue weighted by Gasteiger charge is 2.23. The molecule has 33 heavy (non-hydrogen) atoms. The van der Waals surface area contributed by atoms with Gasteiger partial charge in [0, 0.05) is 66.0 Å². The maximum Gasteiger partial charge on any atom is 0.256 e. The zero-order chi connectivity index (χ0) is 22.9. The van der Waals surface area contributed by atoms with E-state index in [2.05, 4.69) is 27.1 Å². The number of para-hydroxylation sites is 1. The van der Waals surface area contributed by atoms with Crippen LogP contribution in [0.2, 0.25) is 0 Å². The number of benzene rings is 2. The molecule has 4 N–H and O–H groups in total. The van der Waals surface area contributed by atoms with Gasteiger partial charge in [-0.05, 0) is 49.0 Å². The van der Waals surface area contributed by atoms with Crippen molar-refractivity contribution in [3.05, 3.63) is 83.0 Å². The molecule has 0 unspecified atom stereocenters. The Balaban J connectivity index is 1.40. The van der Waals surface area contributed by atoms with Crippen LogP contribution < -0.4 is 16.0 Å². The lowest BCUT2D eigenvalue weighted by Crippen LogP contribution is -2.44. The van der Waals surface area contributed by atoms with Crippen molar-refractivity contribution >= 4 is 40.5 Å². The van der Waals surface area contributed by atoms with E-state index >= 15 is 0 Å². The summed E-state index contributed by atoms with van der Waals surface area (Å²) in [6.07, 6.45) is 3.58. The SMILES string of the molecule is CN1CCN(c2ccc(C(=N)c3cc(/C=C4/C(=O)Nc5ccccc54)ccc3N)cn2)CC1. The molecule has 0 aliphatic carbocycles. The van der Waals surface area contributed by atoms with Gasteiger partial charge in [-0.25, -0.2) is 4.98 Å². The second-order valence-electron chi connectivity index (χ2n) is 8.47. The van der Waals surface area contributed by atoms with E-state index < -0.39 is 0 Å². The lowest BCUT2D eigenvalue weighted by Gasteiger charge is -2.33. The number of aromatic nitrogens is 1. The number of hydrogen-bond donors (Lipinski definition) is 3. The first-order valence-electron chi connectivity index (χ1n) is 11.0. The first-order chi connectivity index (χ1) is 16.0. The highest BCUT2D eigenvalue weighted by Crippen LogP contribution is 2.33. The van der Waals surface area contributed by atoms with E-state index in [0.29, 0.717) is 28.1 Å². The highest BCUT2D eigenvalue weighted by molar-refractivity contribution is 6.35. The van der Waals surface area contributed by atoms with Crippen LogP contribution in [-0.2, 0) is 4.79 Å². The molecule has 7 heteroatoms. The Morgan fingerprint density at radius 3 is 2.64 bits per heavy atom. The first kappa shape index (κ1) is 20.9. The van der Waals surface area contributed by atoms with Crippen molar-refractivity contribution in [1.29, 1.82) is 5.41 Å². The fourth-order valence-electron chi connectivity index (χ4n) is 4.24. The van der Waals surface area contributed by atoms with Crippen LogP contribution >= 0.6 is 0 Å². The normalized spacial score (nSPS) is 17.2. The molecule has 1 saturated heterocycles. The molecule has 3 heterocycles. The Morgan fingerprint density at radius 2 is 1.88 bits per heavy atom. The maximum atomic E-state index is 12.5. The molecule has 0 atom stereocenters. The smallest absolute Gasteiger partial charge is 0.256 e. The summed E-state index contributed by atoms with van der Waals surface area (Å²) in [7, 11) is 2.13. The van der Waals surface area contributed by atoms with Gasteiger partial charge in [0.2, 0.25) is 0 Å². The number of rotatable bonds is 4. The van der Waals surface area contributed by atoms with Crippen molar-refractivity contribution in [2.24, 2.45) is 0 Å². The molecule has 0 saturated carbocycles. The zero-order valence-corrected chi connectivity index (χ0v) is 18.5. The van der Waals surface area contributed by atoms with Gasteiger partial charge in [-0.1, -0.05) is 24.3 Å². The number of anilines is 3. The average molecular weight is 439 g/mol. The largest absolute Gasteiger partial charge is 0.398 e. The molecule has 0 bridgehead atoms. The summed E-state index contributed by atoms with van der Waals surface area (Å²) in [5, 5.41) is 11.6. The lowest BCUT2D eigenvalue weighted by molar-refractivity contribution is -0.110. The Morgan fingerprint density at radius 1 is 1.09 bits per heavy atom. The number of fused-ring (bicyclic) bond motifs is 1. The van der Waals surface area contributed by atoms with E-state index in [9.17, 15) is 4.79 Å². The average Bonchev–Trinajstić information content (AvgIpc) is 3.15. The van der Waals surface area contributed by atoms with Crippen molar-refractivity contribution in [2.45, 2.75) is 0 Å². The van der Waals surface area contributed by atoms with Gasteiger partial charge in [0.25, 0.3) is 5.91 Å². The van der Waals surface area contributed by atoms with Crippen LogP contribution in [0.1, 0.15) is 22.3 Å². The minimum atomic E-state index is -0.131. The highest BCUT2D eigenvalue weighted by atomic mass is 16.2. The summed E-state index contributed by atoms with van der Waals surface area (Å²) >= 11 is 0. The van der Waals surface area contributed by atoms with Crippen molar-refractivity contribution in [1.82, 2.24) is 9.88 Å². The van der Waals surface area contributed by atoms with Crippen molar-refractivity contribution in [3.8, 4) is 0 Å². The number of nitrogen functional groups attached to an aromatic ring is 1. The van der Waals surface area contributed by atoms with Gasteiger partial charge in [-0.3, -0.25) is 10.2 Å².